The number of carbonyl (C=O) groups is 1. The minimum absolute atomic E-state index is 0.0822. The smallest absolute Gasteiger partial charge is 0.237 e. The van der Waals surface area contributed by atoms with Crippen LogP contribution >= 0.6 is 0 Å². The molecule has 0 spiro atoms. The summed E-state index contributed by atoms with van der Waals surface area (Å²) >= 11 is 0. The Bertz CT molecular complexity index is 919. The molecule has 5 atom stereocenters. The number of benzene rings is 1. The molecule has 2 aromatic rings. The molecule has 1 saturated carbocycles. The van der Waals surface area contributed by atoms with Gasteiger partial charge in [0, 0.05) is 36.4 Å². The molecule has 1 aromatic heterocycles. The fourth-order valence-corrected chi connectivity index (χ4v) is 5.88. The molecule has 1 amide bonds. The van der Waals surface area contributed by atoms with E-state index >= 15 is 0 Å². The second kappa shape index (κ2) is 9.69. The molecule has 2 aliphatic heterocycles. The Morgan fingerprint density at radius 3 is 2.88 bits per heavy atom. The molecule has 1 aromatic carbocycles. The molecule has 1 aliphatic carbocycles. The largest absolute Gasteiger partial charge is 0.288 e. The molecule has 0 radical (unpaired) electrons. The number of amides is 1. The maximum absolute atomic E-state index is 13.3. The lowest BCUT2D eigenvalue weighted by molar-refractivity contribution is -0.132. The molecule has 6 heteroatoms. The van der Waals surface area contributed by atoms with Gasteiger partial charge in [-0.25, -0.2) is 10.4 Å². The number of aryl methyl sites for hydroxylation is 2. The highest BCUT2D eigenvalue weighted by Gasteiger charge is 2.43. The van der Waals surface area contributed by atoms with Crippen LogP contribution in [0.5, 0.6) is 0 Å². The second-order valence-electron chi connectivity index (χ2n) is 9.77. The standard InChI is InChI=1S/C26H35N5O/c1-18-16-20(13-14-27-18)25-23-17-21(10-12-24(23)28-29-25)26(32)30-31-15-5-8-22(31)11-9-19-6-3-2-4-7-19/h2-4,6-7,13-14,16,21-25,28-29H,5,8-12,15,17H2,1H3,(H,30,32). The number of hydrazine groups is 2. The Balaban J connectivity index is 1.18. The van der Waals surface area contributed by atoms with E-state index in [-0.39, 0.29) is 17.9 Å². The average Bonchev–Trinajstić information content (AvgIpc) is 3.44. The summed E-state index contributed by atoms with van der Waals surface area (Å²) in [6.07, 6.45) is 9.28. The second-order valence-corrected chi connectivity index (χ2v) is 9.77. The van der Waals surface area contributed by atoms with E-state index in [9.17, 15) is 4.79 Å². The van der Waals surface area contributed by atoms with Crippen LogP contribution in [-0.4, -0.2) is 34.5 Å². The van der Waals surface area contributed by atoms with E-state index < -0.39 is 0 Å². The predicted octanol–water partition coefficient (Wildman–Crippen LogP) is 3.45. The van der Waals surface area contributed by atoms with Gasteiger partial charge < -0.3 is 0 Å². The van der Waals surface area contributed by atoms with Gasteiger partial charge in [0.1, 0.15) is 0 Å². The van der Waals surface area contributed by atoms with Crippen molar-refractivity contribution in [1.29, 1.82) is 0 Å². The van der Waals surface area contributed by atoms with Crippen LogP contribution in [0, 0.1) is 18.8 Å². The van der Waals surface area contributed by atoms with E-state index in [1.54, 1.807) is 0 Å². The van der Waals surface area contributed by atoms with Gasteiger partial charge in [0.2, 0.25) is 5.91 Å². The van der Waals surface area contributed by atoms with Crippen LogP contribution in [0.3, 0.4) is 0 Å². The van der Waals surface area contributed by atoms with Crippen LogP contribution in [0.1, 0.15) is 61.4 Å². The lowest BCUT2D eigenvalue weighted by Crippen LogP contribution is -2.49. The van der Waals surface area contributed by atoms with Crippen molar-refractivity contribution in [1.82, 2.24) is 26.3 Å². The molecule has 0 bridgehead atoms. The molecule has 3 fully saturated rings. The fourth-order valence-electron chi connectivity index (χ4n) is 5.88. The van der Waals surface area contributed by atoms with E-state index in [0.717, 1.165) is 50.8 Å². The van der Waals surface area contributed by atoms with Crippen LogP contribution in [-0.2, 0) is 11.2 Å². The highest BCUT2D eigenvalue weighted by atomic mass is 16.2. The fraction of sp³-hybridized carbons (Fsp3) is 0.538. The molecule has 2 saturated heterocycles. The molecule has 3 N–H and O–H groups in total. The van der Waals surface area contributed by atoms with Crippen molar-refractivity contribution in [3.63, 3.8) is 0 Å². The third kappa shape index (κ3) is 4.72. The third-order valence-electron chi connectivity index (χ3n) is 7.64. The summed E-state index contributed by atoms with van der Waals surface area (Å²) in [5.41, 5.74) is 14.0. The van der Waals surface area contributed by atoms with Gasteiger partial charge in [-0.3, -0.25) is 20.6 Å². The summed E-state index contributed by atoms with van der Waals surface area (Å²) in [6, 6.07) is 16.0. The highest BCUT2D eigenvalue weighted by molar-refractivity contribution is 5.78. The summed E-state index contributed by atoms with van der Waals surface area (Å²) in [7, 11) is 0. The quantitative estimate of drug-likeness (QED) is 0.651. The molecule has 32 heavy (non-hydrogen) atoms. The van der Waals surface area contributed by atoms with Gasteiger partial charge in [-0.05, 0) is 81.0 Å². The van der Waals surface area contributed by atoms with Gasteiger partial charge in [0.25, 0.3) is 0 Å². The van der Waals surface area contributed by atoms with Crippen molar-refractivity contribution >= 4 is 5.91 Å². The summed E-state index contributed by atoms with van der Waals surface area (Å²) in [5.74, 6) is 0.721. The topological polar surface area (TPSA) is 69.3 Å². The van der Waals surface area contributed by atoms with Crippen LogP contribution in [0.2, 0.25) is 0 Å². The number of carbonyl (C=O) groups excluding carboxylic acids is 1. The minimum atomic E-state index is 0.0822. The van der Waals surface area contributed by atoms with Crippen molar-refractivity contribution in [2.45, 2.75) is 70.0 Å². The third-order valence-corrected chi connectivity index (χ3v) is 7.64. The zero-order chi connectivity index (χ0) is 21.9. The van der Waals surface area contributed by atoms with Gasteiger partial charge in [0.05, 0.1) is 6.04 Å². The first-order valence-corrected chi connectivity index (χ1v) is 12.2. The Labute approximate surface area is 191 Å². The maximum atomic E-state index is 13.3. The zero-order valence-electron chi connectivity index (χ0n) is 19.0. The number of hydrogen-bond donors (Lipinski definition) is 3. The number of rotatable bonds is 6. The van der Waals surface area contributed by atoms with Gasteiger partial charge >= 0.3 is 0 Å². The van der Waals surface area contributed by atoms with Gasteiger partial charge in [-0.15, -0.1) is 0 Å². The average molecular weight is 434 g/mol. The van der Waals surface area contributed by atoms with Gasteiger partial charge in [0.15, 0.2) is 0 Å². The SMILES string of the molecule is Cc1cc(C2NNC3CCC(C(=O)NN4CCCC4CCc4ccccc4)CC32)ccn1. The van der Waals surface area contributed by atoms with E-state index in [1.807, 2.05) is 13.1 Å². The maximum Gasteiger partial charge on any atom is 0.237 e. The number of aromatic nitrogens is 1. The molecule has 5 rings (SSSR count). The molecule has 3 heterocycles. The number of hydrogen-bond acceptors (Lipinski definition) is 5. The van der Waals surface area contributed by atoms with Crippen molar-refractivity contribution < 1.29 is 4.79 Å². The molecular formula is C26H35N5O. The van der Waals surface area contributed by atoms with Crippen LogP contribution in [0.15, 0.2) is 48.7 Å². The monoisotopic (exact) mass is 433 g/mol. The minimum Gasteiger partial charge on any atom is -0.288 e. The van der Waals surface area contributed by atoms with Crippen molar-refractivity contribution in [2.75, 3.05) is 6.54 Å². The molecule has 5 unspecified atom stereocenters. The van der Waals surface area contributed by atoms with Crippen molar-refractivity contribution in [2.24, 2.45) is 11.8 Å². The van der Waals surface area contributed by atoms with Crippen molar-refractivity contribution in [3.8, 4) is 0 Å². The first-order valence-electron chi connectivity index (χ1n) is 12.2. The highest BCUT2D eigenvalue weighted by Crippen LogP contribution is 2.40. The van der Waals surface area contributed by atoms with Crippen LogP contribution < -0.4 is 16.3 Å². The van der Waals surface area contributed by atoms with E-state index in [2.05, 4.69) is 68.7 Å². The Kier molecular flexibility index (Phi) is 6.53. The Hall–Kier alpha value is -2.28. The van der Waals surface area contributed by atoms with Crippen LogP contribution in [0.4, 0.5) is 0 Å². The number of nitrogens with one attached hydrogen (secondary N) is 3. The van der Waals surface area contributed by atoms with Crippen LogP contribution in [0.25, 0.3) is 0 Å². The van der Waals surface area contributed by atoms with E-state index in [4.69, 9.17) is 0 Å². The molecule has 3 aliphatic rings. The van der Waals surface area contributed by atoms with Gasteiger partial charge in [-0.2, -0.15) is 0 Å². The first kappa shape index (κ1) is 21.6. The summed E-state index contributed by atoms with van der Waals surface area (Å²) < 4.78 is 0. The summed E-state index contributed by atoms with van der Waals surface area (Å²) in [6.45, 7) is 3.00. The van der Waals surface area contributed by atoms with E-state index in [1.165, 1.54) is 17.5 Å². The zero-order valence-corrected chi connectivity index (χ0v) is 19.0. The Morgan fingerprint density at radius 2 is 2.03 bits per heavy atom. The predicted molar refractivity (Wildman–Crippen MR) is 125 cm³/mol. The lowest BCUT2D eigenvalue weighted by atomic mass is 9.74. The number of fused-ring (bicyclic) bond motifs is 1. The summed E-state index contributed by atoms with van der Waals surface area (Å²) in [5, 5.41) is 2.23. The lowest BCUT2D eigenvalue weighted by Gasteiger charge is -2.34. The molecule has 170 valence electrons. The normalized spacial score (nSPS) is 30.2. The van der Waals surface area contributed by atoms with Crippen molar-refractivity contribution in [3.05, 3.63) is 65.5 Å². The Morgan fingerprint density at radius 1 is 1.16 bits per heavy atom. The molecule has 6 nitrogen and oxygen atoms in total. The number of nitrogens with zero attached hydrogens (tertiary/aromatic N) is 2. The van der Waals surface area contributed by atoms with E-state index in [0.29, 0.717) is 18.0 Å². The van der Waals surface area contributed by atoms with Gasteiger partial charge in [-0.1, -0.05) is 30.3 Å². The molecular weight excluding hydrogens is 398 g/mol. The summed E-state index contributed by atoms with van der Waals surface area (Å²) in [4.78, 5) is 17.6. The first-order chi connectivity index (χ1) is 15.7. The number of pyridine rings is 1.